The Morgan fingerprint density at radius 2 is 1.53 bits per heavy atom. The first-order valence-electron chi connectivity index (χ1n) is 10.1. The molecule has 3 rings (SSSR count). The van der Waals surface area contributed by atoms with Crippen molar-refractivity contribution in [1.29, 1.82) is 0 Å². The molecule has 6 nitrogen and oxygen atoms in total. The topological polar surface area (TPSA) is 83.6 Å². The van der Waals surface area contributed by atoms with Gasteiger partial charge in [0.1, 0.15) is 6.54 Å². The van der Waals surface area contributed by atoms with Gasteiger partial charge in [0, 0.05) is 5.56 Å². The van der Waals surface area contributed by atoms with Crippen LogP contribution in [0.5, 0.6) is 0 Å². The first kappa shape index (κ1) is 23.2. The molecular weight excluding hydrogens is 424 g/mol. The van der Waals surface area contributed by atoms with E-state index in [1.165, 1.54) is 13.0 Å². The smallest absolute Gasteiger partial charge is 0.241 e. The fraction of sp³-hybridized carbons (Fsp3) is 0.200. The van der Waals surface area contributed by atoms with Crippen LogP contribution < -0.4 is 9.62 Å². The van der Waals surface area contributed by atoms with Gasteiger partial charge in [0.15, 0.2) is 5.78 Å². The standard InChI is InChI=1S/C25H26N2O4S/c1-18-12-14-21(15-13-18)25(20-8-5-4-6-9-20)26-24(29)17-27(32(3,30)31)23-11-7-10-22(16-23)19(2)28/h4-16,25H,17H2,1-3H3,(H,26,29). The lowest BCUT2D eigenvalue weighted by Gasteiger charge is -2.25. The number of rotatable bonds is 8. The van der Waals surface area contributed by atoms with E-state index in [1.54, 1.807) is 18.2 Å². The Bertz CT molecular complexity index is 1210. The van der Waals surface area contributed by atoms with E-state index in [2.05, 4.69) is 5.32 Å². The summed E-state index contributed by atoms with van der Waals surface area (Å²) in [7, 11) is -3.76. The molecule has 0 bridgehead atoms. The molecule has 1 amide bonds. The fourth-order valence-corrected chi connectivity index (χ4v) is 4.23. The number of Topliss-reactive ketones (excluding diaryl/α,β-unsaturated/α-hetero) is 1. The van der Waals surface area contributed by atoms with Crippen molar-refractivity contribution in [2.75, 3.05) is 17.1 Å². The summed E-state index contributed by atoms with van der Waals surface area (Å²) in [6.07, 6.45) is 1.04. The molecule has 0 saturated heterocycles. The third-order valence-electron chi connectivity index (χ3n) is 5.08. The van der Waals surface area contributed by atoms with Gasteiger partial charge in [0.25, 0.3) is 0 Å². The lowest BCUT2D eigenvalue weighted by atomic mass is 9.98. The maximum absolute atomic E-state index is 13.0. The molecule has 7 heteroatoms. The highest BCUT2D eigenvalue weighted by atomic mass is 32.2. The number of carbonyl (C=O) groups excluding carboxylic acids is 2. The van der Waals surface area contributed by atoms with Crippen molar-refractivity contribution in [2.24, 2.45) is 0 Å². The zero-order valence-corrected chi connectivity index (χ0v) is 19.1. The third kappa shape index (κ3) is 5.82. The largest absolute Gasteiger partial charge is 0.344 e. The van der Waals surface area contributed by atoms with Gasteiger partial charge in [-0.05, 0) is 37.1 Å². The van der Waals surface area contributed by atoms with Crippen LogP contribution >= 0.6 is 0 Å². The van der Waals surface area contributed by atoms with E-state index in [0.717, 1.165) is 27.3 Å². The van der Waals surface area contributed by atoms with Crippen molar-refractivity contribution in [3.63, 3.8) is 0 Å². The van der Waals surface area contributed by atoms with Crippen LogP contribution in [0.1, 0.15) is 40.0 Å². The number of sulfonamides is 1. The summed E-state index contributed by atoms with van der Waals surface area (Å²) in [5, 5.41) is 2.97. The van der Waals surface area contributed by atoms with Crippen LogP contribution in [0, 0.1) is 6.92 Å². The van der Waals surface area contributed by atoms with Crippen LogP contribution in [0.2, 0.25) is 0 Å². The summed E-state index contributed by atoms with van der Waals surface area (Å²) in [5.74, 6) is -0.647. The van der Waals surface area contributed by atoms with Crippen molar-refractivity contribution < 1.29 is 18.0 Å². The van der Waals surface area contributed by atoms with Gasteiger partial charge in [-0.25, -0.2) is 8.42 Å². The predicted molar refractivity (Wildman–Crippen MR) is 126 cm³/mol. The van der Waals surface area contributed by atoms with Crippen molar-refractivity contribution in [3.8, 4) is 0 Å². The average Bonchev–Trinajstić information content (AvgIpc) is 2.76. The molecule has 0 aliphatic carbocycles. The number of ketones is 1. The van der Waals surface area contributed by atoms with Gasteiger partial charge >= 0.3 is 0 Å². The Balaban J connectivity index is 1.90. The summed E-state index contributed by atoms with van der Waals surface area (Å²) >= 11 is 0. The molecule has 0 radical (unpaired) electrons. The molecule has 0 aliphatic rings. The number of hydrogen-bond donors (Lipinski definition) is 1. The lowest BCUT2D eigenvalue weighted by Crippen LogP contribution is -2.41. The molecule has 166 valence electrons. The van der Waals surface area contributed by atoms with Crippen molar-refractivity contribution in [2.45, 2.75) is 19.9 Å². The molecule has 0 saturated carbocycles. The van der Waals surface area contributed by atoms with E-state index in [4.69, 9.17) is 0 Å². The summed E-state index contributed by atoms with van der Waals surface area (Å²) in [5.41, 5.74) is 3.51. The monoisotopic (exact) mass is 450 g/mol. The highest BCUT2D eigenvalue weighted by Gasteiger charge is 2.24. The van der Waals surface area contributed by atoms with E-state index in [0.29, 0.717) is 5.56 Å². The molecule has 32 heavy (non-hydrogen) atoms. The molecule has 0 aromatic heterocycles. The van der Waals surface area contributed by atoms with Gasteiger partial charge in [0.05, 0.1) is 18.0 Å². The number of aryl methyl sites for hydroxylation is 1. The van der Waals surface area contributed by atoms with Crippen LogP contribution in [0.4, 0.5) is 5.69 Å². The average molecular weight is 451 g/mol. The highest BCUT2D eigenvalue weighted by Crippen LogP contribution is 2.23. The molecular formula is C25H26N2O4S. The molecule has 0 heterocycles. The van der Waals surface area contributed by atoms with Gasteiger partial charge in [-0.2, -0.15) is 0 Å². The highest BCUT2D eigenvalue weighted by molar-refractivity contribution is 7.92. The molecule has 0 aliphatic heterocycles. The first-order valence-corrected chi connectivity index (χ1v) is 12.0. The number of benzene rings is 3. The predicted octanol–water partition coefficient (Wildman–Crippen LogP) is 3.87. The Labute approximate surface area is 188 Å². The van der Waals surface area contributed by atoms with E-state index in [1.807, 2.05) is 61.5 Å². The molecule has 3 aromatic carbocycles. The zero-order chi connectivity index (χ0) is 23.3. The Kier molecular flexibility index (Phi) is 7.10. The molecule has 0 fully saturated rings. The van der Waals surface area contributed by atoms with Crippen LogP contribution in [-0.4, -0.2) is 32.9 Å². The number of amides is 1. The van der Waals surface area contributed by atoms with E-state index >= 15 is 0 Å². The fourth-order valence-electron chi connectivity index (χ4n) is 3.38. The van der Waals surface area contributed by atoms with Crippen LogP contribution in [-0.2, 0) is 14.8 Å². The zero-order valence-electron chi connectivity index (χ0n) is 18.3. The quantitative estimate of drug-likeness (QED) is 0.528. The lowest BCUT2D eigenvalue weighted by molar-refractivity contribution is -0.120. The minimum atomic E-state index is -3.76. The number of anilines is 1. The summed E-state index contributed by atoms with van der Waals surface area (Å²) in [6.45, 7) is 2.98. The number of nitrogens with one attached hydrogen (secondary N) is 1. The molecule has 1 N–H and O–H groups in total. The van der Waals surface area contributed by atoms with Crippen LogP contribution in [0.15, 0.2) is 78.9 Å². The third-order valence-corrected chi connectivity index (χ3v) is 6.22. The van der Waals surface area contributed by atoms with E-state index < -0.39 is 28.5 Å². The van der Waals surface area contributed by atoms with Crippen LogP contribution in [0.3, 0.4) is 0 Å². The first-order chi connectivity index (χ1) is 15.1. The Morgan fingerprint density at radius 3 is 2.12 bits per heavy atom. The van der Waals surface area contributed by atoms with Gasteiger partial charge in [-0.1, -0.05) is 72.3 Å². The summed E-state index contributed by atoms with van der Waals surface area (Å²) in [6, 6.07) is 23.1. The molecule has 3 aromatic rings. The minimum absolute atomic E-state index is 0.187. The molecule has 0 spiro atoms. The van der Waals surface area contributed by atoms with Gasteiger partial charge in [-0.3, -0.25) is 13.9 Å². The molecule has 1 unspecified atom stereocenters. The minimum Gasteiger partial charge on any atom is -0.344 e. The van der Waals surface area contributed by atoms with Gasteiger partial charge < -0.3 is 5.32 Å². The second-order valence-electron chi connectivity index (χ2n) is 7.70. The Morgan fingerprint density at radius 1 is 0.906 bits per heavy atom. The number of carbonyl (C=O) groups is 2. The van der Waals surface area contributed by atoms with Gasteiger partial charge in [0.2, 0.25) is 15.9 Å². The SMILES string of the molecule is CC(=O)c1cccc(N(CC(=O)NC(c2ccccc2)c2ccc(C)cc2)S(C)(=O)=O)c1. The maximum atomic E-state index is 13.0. The van der Waals surface area contributed by atoms with E-state index in [9.17, 15) is 18.0 Å². The van der Waals surface area contributed by atoms with Crippen LogP contribution in [0.25, 0.3) is 0 Å². The summed E-state index contributed by atoms with van der Waals surface area (Å²) < 4.78 is 26.0. The second-order valence-corrected chi connectivity index (χ2v) is 9.60. The van der Waals surface area contributed by atoms with Crippen molar-refractivity contribution in [1.82, 2.24) is 5.32 Å². The number of hydrogen-bond acceptors (Lipinski definition) is 4. The molecule has 1 atom stereocenters. The Hall–Kier alpha value is -3.45. The van der Waals surface area contributed by atoms with Crippen molar-refractivity contribution >= 4 is 27.4 Å². The second kappa shape index (κ2) is 9.78. The number of nitrogens with zero attached hydrogens (tertiary/aromatic N) is 1. The normalized spacial score (nSPS) is 12.1. The summed E-state index contributed by atoms with van der Waals surface area (Å²) in [4.78, 5) is 24.8. The van der Waals surface area contributed by atoms with Crippen molar-refractivity contribution in [3.05, 3.63) is 101 Å². The maximum Gasteiger partial charge on any atom is 0.241 e. The van der Waals surface area contributed by atoms with Gasteiger partial charge in [-0.15, -0.1) is 0 Å². The van der Waals surface area contributed by atoms with E-state index in [-0.39, 0.29) is 11.5 Å².